The third-order valence-electron chi connectivity index (χ3n) is 5.90. The number of benzene rings is 2. The molecule has 0 saturated carbocycles. The van der Waals surface area contributed by atoms with Crippen LogP contribution in [-0.4, -0.2) is 10.4 Å². The van der Waals surface area contributed by atoms with Crippen LogP contribution in [0.1, 0.15) is 39.5 Å². The molecule has 1 atom stereocenters. The van der Waals surface area contributed by atoms with Gasteiger partial charge in [0, 0.05) is 28.4 Å². The molecular formula is C25H22ClN2O+. The van der Waals surface area contributed by atoms with E-state index >= 15 is 0 Å². The maximum absolute atomic E-state index is 13.2. The molecular weight excluding hydrogens is 380 g/mol. The molecule has 5 rings (SSSR count). The van der Waals surface area contributed by atoms with Crippen LogP contribution in [0, 0.1) is 6.92 Å². The smallest absolute Gasteiger partial charge is 0.185 e. The van der Waals surface area contributed by atoms with Gasteiger partial charge in [0.1, 0.15) is 0 Å². The second kappa shape index (κ2) is 7.16. The zero-order chi connectivity index (χ0) is 20.0. The standard InChI is InChI=1S/C25H22ClN2O/c1-17-14-28(24-10-8-19-7-9-20(26)13-21(19)25(24)29)23-11-12-27(16-22(17)23)15-18-5-3-2-4-6-18/h2-7,9,11-14,16,24H,8,10,15H2,1H3/q+1. The molecule has 0 amide bonds. The molecule has 0 radical (unpaired) electrons. The summed E-state index contributed by atoms with van der Waals surface area (Å²) in [7, 11) is 0. The molecule has 0 spiro atoms. The van der Waals surface area contributed by atoms with Gasteiger partial charge in [-0.05, 0) is 43.0 Å². The molecule has 2 aromatic carbocycles. The number of hydrogen-bond donors (Lipinski definition) is 0. The molecule has 3 nitrogen and oxygen atoms in total. The highest BCUT2D eigenvalue weighted by Gasteiger charge is 2.30. The number of aryl methyl sites for hydroxylation is 2. The van der Waals surface area contributed by atoms with E-state index in [4.69, 9.17) is 11.6 Å². The number of aromatic nitrogens is 2. The largest absolute Gasteiger partial charge is 0.336 e. The monoisotopic (exact) mass is 401 g/mol. The Bertz CT molecular complexity index is 1230. The predicted molar refractivity (Wildman–Crippen MR) is 116 cm³/mol. The summed E-state index contributed by atoms with van der Waals surface area (Å²) in [4.78, 5) is 13.2. The number of ketones is 1. The topological polar surface area (TPSA) is 25.9 Å². The molecule has 1 aliphatic carbocycles. The van der Waals surface area contributed by atoms with Gasteiger partial charge in [0.05, 0.1) is 16.9 Å². The predicted octanol–water partition coefficient (Wildman–Crippen LogP) is 5.31. The fraction of sp³-hybridized carbons (Fsp3) is 0.200. The number of carbonyl (C=O) groups excluding carboxylic acids is 1. The van der Waals surface area contributed by atoms with Crippen LogP contribution >= 0.6 is 11.6 Å². The lowest BCUT2D eigenvalue weighted by molar-refractivity contribution is -0.687. The Kier molecular flexibility index (Phi) is 4.48. The summed E-state index contributed by atoms with van der Waals surface area (Å²) in [6, 6.07) is 18.1. The fourth-order valence-electron chi connectivity index (χ4n) is 4.42. The first-order valence-electron chi connectivity index (χ1n) is 9.97. The number of carbonyl (C=O) groups is 1. The molecule has 0 bridgehead atoms. The summed E-state index contributed by atoms with van der Waals surface area (Å²) in [5, 5.41) is 1.81. The fourth-order valence-corrected chi connectivity index (χ4v) is 4.59. The summed E-state index contributed by atoms with van der Waals surface area (Å²) in [6.45, 7) is 2.94. The first-order chi connectivity index (χ1) is 14.1. The van der Waals surface area contributed by atoms with E-state index in [0.717, 1.165) is 36.0 Å². The zero-order valence-electron chi connectivity index (χ0n) is 16.3. The van der Waals surface area contributed by atoms with Crippen molar-refractivity contribution >= 4 is 28.3 Å². The number of Topliss-reactive ketones (excluding diaryl/α,β-unsaturated/α-hetero) is 1. The molecule has 0 aliphatic heterocycles. The van der Waals surface area contributed by atoms with E-state index < -0.39 is 0 Å². The van der Waals surface area contributed by atoms with Crippen LogP contribution in [0.4, 0.5) is 0 Å². The first kappa shape index (κ1) is 18.1. The molecule has 1 unspecified atom stereocenters. The van der Waals surface area contributed by atoms with Gasteiger partial charge >= 0.3 is 0 Å². The van der Waals surface area contributed by atoms with Gasteiger partial charge in [0.15, 0.2) is 24.7 Å². The number of pyridine rings is 1. The van der Waals surface area contributed by atoms with E-state index in [-0.39, 0.29) is 11.8 Å². The second-order valence-electron chi connectivity index (χ2n) is 7.84. The number of rotatable bonds is 3. The summed E-state index contributed by atoms with van der Waals surface area (Å²) < 4.78 is 4.36. The molecule has 0 fully saturated rings. The van der Waals surface area contributed by atoms with E-state index in [1.807, 2.05) is 24.3 Å². The molecule has 29 heavy (non-hydrogen) atoms. The Balaban J connectivity index is 1.52. The van der Waals surface area contributed by atoms with Crippen LogP contribution in [0.15, 0.2) is 73.2 Å². The second-order valence-corrected chi connectivity index (χ2v) is 8.28. The van der Waals surface area contributed by atoms with Gasteiger partial charge in [0.2, 0.25) is 0 Å². The van der Waals surface area contributed by atoms with Crippen LogP contribution < -0.4 is 4.57 Å². The Labute approximate surface area is 175 Å². The van der Waals surface area contributed by atoms with Crippen LogP contribution in [0.25, 0.3) is 10.9 Å². The number of fused-ring (bicyclic) bond motifs is 2. The van der Waals surface area contributed by atoms with Gasteiger partial charge < -0.3 is 4.57 Å². The van der Waals surface area contributed by atoms with Crippen molar-refractivity contribution in [2.75, 3.05) is 0 Å². The number of halogens is 1. The van der Waals surface area contributed by atoms with Gasteiger partial charge in [-0.25, -0.2) is 4.57 Å². The lowest BCUT2D eigenvalue weighted by atomic mass is 9.87. The van der Waals surface area contributed by atoms with Gasteiger partial charge in [-0.2, -0.15) is 0 Å². The molecule has 144 valence electrons. The van der Waals surface area contributed by atoms with E-state index in [2.05, 4.69) is 65.0 Å². The molecule has 0 saturated heterocycles. The average molecular weight is 402 g/mol. The zero-order valence-corrected chi connectivity index (χ0v) is 17.1. The van der Waals surface area contributed by atoms with Crippen molar-refractivity contribution in [2.24, 2.45) is 0 Å². The molecule has 1 aliphatic rings. The quantitative estimate of drug-likeness (QED) is 0.427. The Morgan fingerprint density at radius 3 is 2.79 bits per heavy atom. The summed E-state index contributed by atoms with van der Waals surface area (Å²) in [6.07, 6.45) is 8.11. The van der Waals surface area contributed by atoms with Crippen molar-refractivity contribution in [3.05, 3.63) is 100 Å². The van der Waals surface area contributed by atoms with E-state index in [9.17, 15) is 4.79 Å². The van der Waals surface area contributed by atoms with Crippen molar-refractivity contribution < 1.29 is 9.36 Å². The highest BCUT2D eigenvalue weighted by atomic mass is 35.5. The highest BCUT2D eigenvalue weighted by molar-refractivity contribution is 6.31. The van der Waals surface area contributed by atoms with Crippen LogP contribution in [-0.2, 0) is 13.0 Å². The third kappa shape index (κ3) is 3.26. The normalized spacial score (nSPS) is 16.2. The van der Waals surface area contributed by atoms with Crippen molar-refractivity contribution in [3.8, 4) is 0 Å². The lowest BCUT2D eigenvalue weighted by Gasteiger charge is -2.25. The first-order valence-corrected chi connectivity index (χ1v) is 10.3. The van der Waals surface area contributed by atoms with Gasteiger partial charge in [-0.1, -0.05) is 48.0 Å². The van der Waals surface area contributed by atoms with Crippen molar-refractivity contribution in [3.63, 3.8) is 0 Å². The lowest BCUT2D eigenvalue weighted by Crippen LogP contribution is -2.33. The van der Waals surface area contributed by atoms with Crippen LogP contribution in [0.3, 0.4) is 0 Å². The average Bonchev–Trinajstić information content (AvgIpc) is 3.05. The number of nitrogens with zero attached hydrogens (tertiary/aromatic N) is 2. The summed E-state index contributed by atoms with van der Waals surface area (Å²) in [5.41, 5.74) is 5.43. The van der Waals surface area contributed by atoms with Gasteiger partial charge in [-0.15, -0.1) is 0 Å². The highest BCUT2D eigenvalue weighted by Crippen LogP contribution is 2.34. The maximum Gasteiger partial charge on any atom is 0.185 e. The Morgan fingerprint density at radius 1 is 1.14 bits per heavy atom. The van der Waals surface area contributed by atoms with Crippen molar-refractivity contribution in [1.82, 2.24) is 4.57 Å². The van der Waals surface area contributed by atoms with E-state index in [1.54, 1.807) is 0 Å². The molecule has 2 aromatic heterocycles. The molecule has 2 heterocycles. The van der Waals surface area contributed by atoms with Gasteiger partial charge in [-0.3, -0.25) is 4.79 Å². The minimum atomic E-state index is -0.179. The van der Waals surface area contributed by atoms with Gasteiger partial charge in [0.25, 0.3) is 0 Å². The summed E-state index contributed by atoms with van der Waals surface area (Å²) in [5.74, 6) is 0.159. The van der Waals surface area contributed by atoms with Crippen molar-refractivity contribution in [2.45, 2.75) is 32.4 Å². The summed E-state index contributed by atoms with van der Waals surface area (Å²) >= 11 is 6.16. The Morgan fingerprint density at radius 2 is 1.97 bits per heavy atom. The molecule has 0 N–H and O–H groups in total. The SMILES string of the molecule is Cc1cn(C2CCc3ccc(Cl)cc3C2=O)c2cc[n+](Cc3ccccc3)cc12. The van der Waals surface area contributed by atoms with E-state index in [0.29, 0.717) is 5.02 Å². The minimum Gasteiger partial charge on any atom is -0.336 e. The number of hydrogen-bond acceptors (Lipinski definition) is 1. The van der Waals surface area contributed by atoms with Crippen LogP contribution in [0.5, 0.6) is 0 Å². The van der Waals surface area contributed by atoms with Crippen LogP contribution in [0.2, 0.25) is 5.02 Å². The molecule has 4 heteroatoms. The third-order valence-corrected chi connectivity index (χ3v) is 6.14. The molecule has 4 aromatic rings. The minimum absolute atomic E-state index is 0.159. The maximum atomic E-state index is 13.2. The Hall–Kier alpha value is -2.91. The van der Waals surface area contributed by atoms with E-state index in [1.165, 1.54) is 16.5 Å². The van der Waals surface area contributed by atoms with Crippen molar-refractivity contribution in [1.29, 1.82) is 0 Å².